The minimum atomic E-state index is -0.0411. The Morgan fingerprint density at radius 1 is 1.24 bits per heavy atom. The van der Waals surface area contributed by atoms with Crippen LogP contribution in [-0.4, -0.2) is 24.9 Å². The molecule has 0 aliphatic heterocycles. The van der Waals surface area contributed by atoms with Crippen LogP contribution in [0.3, 0.4) is 0 Å². The summed E-state index contributed by atoms with van der Waals surface area (Å²) in [5.74, 6) is -0.0738. The Labute approximate surface area is 105 Å². The van der Waals surface area contributed by atoms with Crippen molar-refractivity contribution >= 4 is 23.2 Å². The van der Waals surface area contributed by atoms with Crippen molar-refractivity contribution in [2.24, 2.45) is 0 Å². The van der Waals surface area contributed by atoms with E-state index in [1.807, 2.05) is 19.2 Å². The molecule has 0 saturated heterocycles. The molecular weight excluding hydrogens is 236 g/mol. The number of carbonyl (C=O) groups excluding carboxylic acids is 2. The highest BCUT2D eigenvalue weighted by Crippen LogP contribution is 2.20. The van der Waals surface area contributed by atoms with Crippen molar-refractivity contribution in [1.29, 1.82) is 0 Å². The van der Waals surface area contributed by atoms with Crippen LogP contribution < -0.4 is 10.6 Å². The van der Waals surface area contributed by atoms with Crippen LogP contribution in [-0.2, 0) is 4.79 Å². The molecule has 2 amide bonds. The Morgan fingerprint density at radius 3 is 2.41 bits per heavy atom. The SMILES string of the molecule is CC(=O)NCCCNC(=O)c1csc(C)c1C. The number of rotatable bonds is 5. The lowest BCUT2D eigenvalue weighted by Gasteiger charge is -2.05. The molecule has 0 unspecified atom stereocenters. The van der Waals surface area contributed by atoms with Gasteiger partial charge in [0.2, 0.25) is 5.91 Å². The van der Waals surface area contributed by atoms with Gasteiger partial charge in [-0.15, -0.1) is 11.3 Å². The van der Waals surface area contributed by atoms with Crippen LogP contribution in [0.15, 0.2) is 5.38 Å². The quantitative estimate of drug-likeness (QED) is 0.784. The normalized spacial score (nSPS) is 10.1. The zero-order valence-corrected chi connectivity index (χ0v) is 11.2. The van der Waals surface area contributed by atoms with Crippen molar-refractivity contribution in [3.8, 4) is 0 Å². The van der Waals surface area contributed by atoms with E-state index >= 15 is 0 Å². The monoisotopic (exact) mass is 254 g/mol. The zero-order chi connectivity index (χ0) is 12.8. The fourth-order valence-electron chi connectivity index (χ4n) is 1.39. The van der Waals surface area contributed by atoms with Crippen molar-refractivity contribution in [1.82, 2.24) is 10.6 Å². The topological polar surface area (TPSA) is 58.2 Å². The van der Waals surface area contributed by atoms with Crippen LogP contribution in [0.2, 0.25) is 0 Å². The van der Waals surface area contributed by atoms with Crippen LogP contribution in [0, 0.1) is 13.8 Å². The smallest absolute Gasteiger partial charge is 0.252 e. The minimum absolute atomic E-state index is 0.0327. The first-order valence-electron chi connectivity index (χ1n) is 5.59. The Hall–Kier alpha value is -1.36. The van der Waals surface area contributed by atoms with Crippen molar-refractivity contribution in [2.75, 3.05) is 13.1 Å². The van der Waals surface area contributed by atoms with Gasteiger partial charge in [0, 0.05) is 30.3 Å². The van der Waals surface area contributed by atoms with Crippen LogP contribution >= 0.6 is 11.3 Å². The van der Waals surface area contributed by atoms with Gasteiger partial charge in [-0.05, 0) is 25.8 Å². The Kier molecular flexibility index (Phi) is 5.15. The number of amides is 2. The van der Waals surface area contributed by atoms with Crippen LogP contribution in [0.1, 0.15) is 34.1 Å². The molecule has 2 N–H and O–H groups in total. The summed E-state index contributed by atoms with van der Waals surface area (Å²) in [6.45, 7) is 6.62. The lowest BCUT2D eigenvalue weighted by molar-refractivity contribution is -0.118. The highest BCUT2D eigenvalue weighted by Gasteiger charge is 2.11. The molecule has 0 atom stereocenters. The van der Waals surface area contributed by atoms with E-state index in [2.05, 4.69) is 10.6 Å². The summed E-state index contributed by atoms with van der Waals surface area (Å²) in [4.78, 5) is 23.6. The molecule has 4 nitrogen and oxygen atoms in total. The van der Waals surface area contributed by atoms with Crippen LogP contribution in [0.4, 0.5) is 0 Å². The molecule has 0 aliphatic carbocycles. The fraction of sp³-hybridized carbons (Fsp3) is 0.500. The largest absolute Gasteiger partial charge is 0.356 e. The van der Waals surface area contributed by atoms with Crippen molar-refractivity contribution in [3.63, 3.8) is 0 Å². The predicted molar refractivity (Wildman–Crippen MR) is 69.4 cm³/mol. The number of hydrogen-bond acceptors (Lipinski definition) is 3. The van der Waals surface area contributed by atoms with Gasteiger partial charge in [0.25, 0.3) is 5.91 Å². The summed E-state index contributed by atoms with van der Waals surface area (Å²) < 4.78 is 0. The van der Waals surface area contributed by atoms with Crippen LogP contribution in [0.5, 0.6) is 0 Å². The van der Waals surface area contributed by atoms with Crippen molar-refractivity contribution in [2.45, 2.75) is 27.2 Å². The molecule has 94 valence electrons. The molecule has 1 rings (SSSR count). The molecule has 0 spiro atoms. The summed E-state index contributed by atoms with van der Waals surface area (Å²) >= 11 is 1.59. The Balaban J connectivity index is 2.31. The van der Waals surface area contributed by atoms with E-state index in [1.54, 1.807) is 11.3 Å². The fourth-order valence-corrected chi connectivity index (χ4v) is 2.25. The van der Waals surface area contributed by atoms with Gasteiger partial charge in [0.1, 0.15) is 0 Å². The number of aryl methyl sites for hydroxylation is 1. The molecule has 0 bridgehead atoms. The average molecular weight is 254 g/mol. The average Bonchev–Trinajstić information content (AvgIpc) is 2.59. The third-order valence-electron chi connectivity index (χ3n) is 2.54. The maximum atomic E-state index is 11.8. The molecule has 17 heavy (non-hydrogen) atoms. The Morgan fingerprint density at radius 2 is 1.88 bits per heavy atom. The first kappa shape index (κ1) is 13.7. The van der Waals surface area contributed by atoms with E-state index in [4.69, 9.17) is 0 Å². The highest BCUT2D eigenvalue weighted by molar-refractivity contribution is 7.10. The molecule has 0 saturated carbocycles. The second-order valence-electron chi connectivity index (χ2n) is 3.92. The zero-order valence-electron chi connectivity index (χ0n) is 10.4. The van der Waals surface area contributed by atoms with E-state index < -0.39 is 0 Å². The second kappa shape index (κ2) is 6.39. The molecule has 0 aromatic carbocycles. The lowest BCUT2D eigenvalue weighted by atomic mass is 10.1. The standard InChI is InChI=1S/C12H18N2O2S/c1-8-9(2)17-7-11(8)12(16)14-6-4-5-13-10(3)15/h7H,4-6H2,1-3H3,(H,13,15)(H,14,16). The van der Waals surface area contributed by atoms with Crippen molar-refractivity contribution in [3.05, 3.63) is 21.4 Å². The molecule has 1 aromatic rings. The third-order valence-corrected chi connectivity index (χ3v) is 3.56. The third kappa shape index (κ3) is 4.19. The van der Waals surface area contributed by atoms with Gasteiger partial charge in [-0.3, -0.25) is 9.59 Å². The summed E-state index contributed by atoms with van der Waals surface area (Å²) in [6, 6.07) is 0. The van der Waals surface area contributed by atoms with E-state index in [0.717, 1.165) is 17.5 Å². The molecule has 0 fully saturated rings. The number of nitrogens with one attached hydrogen (secondary N) is 2. The van der Waals surface area contributed by atoms with Gasteiger partial charge in [0.15, 0.2) is 0 Å². The second-order valence-corrected chi connectivity index (χ2v) is 5.01. The molecular formula is C12H18N2O2S. The van der Waals surface area contributed by atoms with Crippen molar-refractivity contribution < 1.29 is 9.59 Å². The minimum Gasteiger partial charge on any atom is -0.356 e. The number of carbonyl (C=O) groups is 2. The summed E-state index contributed by atoms with van der Waals surface area (Å²) in [6.07, 6.45) is 0.744. The van der Waals surface area contributed by atoms with Gasteiger partial charge in [-0.25, -0.2) is 0 Å². The Bertz CT molecular complexity index is 413. The summed E-state index contributed by atoms with van der Waals surface area (Å²) in [5.41, 5.74) is 1.81. The van der Waals surface area contributed by atoms with Gasteiger partial charge >= 0.3 is 0 Å². The maximum absolute atomic E-state index is 11.8. The van der Waals surface area contributed by atoms with Gasteiger partial charge in [-0.1, -0.05) is 0 Å². The number of hydrogen-bond donors (Lipinski definition) is 2. The van der Waals surface area contributed by atoms with Crippen LogP contribution in [0.25, 0.3) is 0 Å². The molecule has 1 aromatic heterocycles. The lowest BCUT2D eigenvalue weighted by Crippen LogP contribution is -2.28. The first-order valence-corrected chi connectivity index (χ1v) is 6.47. The van der Waals surface area contributed by atoms with E-state index in [9.17, 15) is 9.59 Å². The summed E-state index contributed by atoms with van der Waals surface area (Å²) in [5, 5.41) is 7.41. The van der Waals surface area contributed by atoms with E-state index in [0.29, 0.717) is 13.1 Å². The van der Waals surface area contributed by atoms with E-state index in [-0.39, 0.29) is 11.8 Å². The molecule has 0 radical (unpaired) electrons. The van der Waals surface area contributed by atoms with Gasteiger partial charge in [-0.2, -0.15) is 0 Å². The first-order chi connectivity index (χ1) is 8.02. The highest BCUT2D eigenvalue weighted by atomic mass is 32.1. The predicted octanol–water partition coefficient (Wildman–Crippen LogP) is 1.62. The maximum Gasteiger partial charge on any atom is 0.252 e. The molecule has 0 aliphatic rings. The molecule has 5 heteroatoms. The number of thiophene rings is 1. The van der Waals surface area contributed by atoms with Gasteiger partial charge < -0.3 is 10.6 Å². The van der Waals surface area contributed by atoms with Gasteiger partial charge in [0.05, 0.1) is 5.56 Å². The molecule has 1 heterocycles. The van der Waals surface area contributed by atoms with E-state index in [1.165, 1.54) is 11.8 Å². The summed E-state index contributed by atoms with van der Waals surface area (Å²) in [7, 11) is 0.